The lowest BCUT2D eigenvalue weighted by Crippen LogP contribution is -2.17. The molecule has 0 spiro atoms. The number of anilines is 1. The van der Waals surface area contributed by atoms with Crippen LogP contribution in [-0.4, -0.2) is 10.8 Å². The van der Waals surface area contributed by atoms with Gasteiger partial charge in [0.1, 0.15) is 0 Å². The van der Waals surface area contributed by atoms with Crippen LogP contribution in [0.15, 0.2) is 46.9 Å². The maximum absolute atomic E-state index is 12.4. The number of carbonyl (C=O) groups is 1. The van der Waals surface area contributed by atoms with Gasteiger partial charge in [0.2, 0.25) is 0 Å². The molecule has 0 aliphatic carbocycles. The highest BCUT2D eigenvalue weighted by molar-refractivity contribution is 9.10. The highest BCUT2D eigenvalue weighted by atomic mass is 79.9. The average Bonchev–Trinajstić information content (AvgIpc) is 2.56. The van der Waals surface area contributed by atoms with E-state index in [1.165, 1.54) is 12.1 Å². The molecule has 0 saturated heterocycles. The largest absolute Gasteiger partial charge is 0.322 e. The third-order valence-electron chi connectivity index (χ3n) is 3.53. The molecule has 6 nitrogen and oxygen atoms in total. The van der Waals surface area contributed by atoms with Crippen LogP contribution in [0.2, 0.25) is 0 Å². The highest BCUT2D eigenvalue weighted by Gasteiger charge is 2.21. The summed E-state index contributed by atoms with van der Waals surface area (Å²) in [6.07, 6.45) is 0. The maximum Gasteiger partial charge on any atom is 0.285 e. The van der Waals surface area contributed by atoms with Crippen molar-refractivity contribution in [2.24, 2.45) is 0 Å². The number of halogens is 1. The molecule has 1 N–H and O–H groups in total. The Morgan fingerprint density at radius 1 is 1.29 bits per heavy atom. The molecule has 0 unspecified atom stereocenters. The first kappa shape index (κ1) is 17.6. The van der Waals surface area contributed by atoms with Gasteiger partial charge in [-0.15, -0.1) is 0 Å². The van der Waals surface area contributed by atoms with Gasteiger partial charge in [0.25, 0.3) is 11.6 Å². The van der Waals surface area contributed by atoms with Crippen LogP contribution in [0, 0.1) is 21.4 Å². The Hall–Kier alpha value is -2.72. The van der Waals surface area contributed by atoms with Gasteiger partial charge in [-0.3, -0.25) is 14.9 Å². The number of hydrogen-bond acceptors (Lipinski definition) is 4. The summed E-state index contributed by atoms with van der Waals surface area (Å²) in [4.78, 5) is 22.8. The molecule has 0 aliphatic heterocycles. The van der Waals surface area contributed by atoms with Crippen molar-refractivity contribution in [1.29, 1.82) is 5.26 Å². The Bertz CT molecular complexity index is 856. The molecule has 2 aromatic carbocycles. The first-order chi connectivity index (χ1) is 11.2. The van der Waals surface area contributed by atoms with Gasteiger partial charge in [0.15, 0.2) is 0 Å². The Morgan fingerprint density at radius 3 is 2.62 bits per heavy atom. The molecule has 2 rings (SSSR count). The van der Waals surface area contributed by atoms with Crippen molar-refractivity contribution in [2.75, 3.05) is 5.32 Å². The molecule has 0 aliphatic rings. The summed E-state index contributed by atoms with van der Waals surface area (Å²) in [5.74, 6) is -0.401. The zero-order valence-corrected chi connectivity index (χ0v) is 14.6. The molecule has 0 heterocycles. The van der Waals surface area contributed by atoms with Crippen molar-refractivity contribution in [3.05, 3.63) is 68.2 Å². The fourth-order valence-electron chi connectivity index (χ4n) is 2.05. The van der Waals surface area contributed by atoms with Crippen LogP contribution in [0.1, 0.15) is 29.8 Å². The van der Waals surface area contributed by atoms with Gasteiger partial charge in [-0.1, -0.05) is 12.1 Å². The maximum atomic E-state index is 12.4. The Labute approximate surface area is 147 Å². The second-order valence-corrected chi connectivity index (χ2v) is 6.55. The van der Waals surface area contributed by atoms with E-state index in [0.29, 0.717) is 15.7 Å². The normalized spacial score (nSPS) is 10.8. The number of amides is 1. The fraction of sp³-hybridized carbons (Fsp3) is 0.176. The average molecular weight is 388 g/mol. The second-order valence-electron chi connectivity index (χ2n) is 5.70. The topological polar surface area (TPSA) is 96.0 Å². The van der Waals surface area contributed by atoms with E-state index in [2.05, 4.69) is 27.3 Å². The zero-order valence-electron chi connectivity index (χ0n) is 13.0. The standard InChI is InChI=1S/C17H14BrN3O3/c1-17(2,10-19)12-5-3-4-11(8-12)16(22)20-13-6-7-14(18)15(9-13)21(23)24/h3-9H,1-2H3,(H,20,22). The quantitative estimate of drug-likeness (QED) is 0.620. The van der Waals surface area contributed by atoms with Crippen molar-refractivity contribution < 1.29 is 9.72 Å². The highest BCUT2D eigenvalue weighted by Crippen LogP contribution is 2.28. The third-order valence-corrected chi connectivity index (χ3v) is 4.20. The summed E-state index contributed by atoms with van der Waals surface area (Å²) >= 11 is 3.10. The summed E-state index contributed by atoms with van der Waals surface area (Å²) in [7, 11) is 0. The third kappa shape index (κ3) is 3.78. The predicted molar refractivity (Wildman–Crippen MR) is 93.8 cm³/mol. The molecule has 0 bridgehead atoms. The van der Waals surface area contributed by atoms with E-state index in [9.17, 15) is 20.2 Å². The molecule has 0 saturated carbocycles. The first-order valence-electron chi connectivity index (χ1n) is 7.01. The van der Waals surface area contributed by atoms with E-state index in [-0.39, 0.29) is 5.69 Å². The Balaban J connectivity index is 2.28. The molecule has 2 aromatic rings. The van der Waals surface area contributed by atoms with Crippen molar-refractivity contribution in [2.45, 2.75) is 19.3 Å². The summed E-state index contributed by atoms with van der Waals surface area (Å²) in [5.41, 5.74) is 0.569. The SMILES string of the molecule is CC(C)(C#N)c1cccc(C(=O)Nc2ccc(Br)c([N+](=O)[O-])c2)c1. The lowest BCUT2D eigenvalue weighted by Gasteiger charge is -2.16. The van der Waals surface area contributed by atoms with Gasteiger partial charge >= 0.3 is 0 Å². The number of nitrogens with zero attached hydrogens (tertiary/aromatic N) is 2. The number of hydrogen-bond donors (Lipinski definition) is 1. The zero-order chi connectivity index (χ0) is 17.9. The lowest BCUT2D eigenvalue weighted by molar-refractivity contribution is -0.385. The molecule has 0 atom stereocenters. The number of nitriles is 1. The lowest BCUT2D eigenvalue weighted by atomic mass is 9.85. The Kier molecular flexibility index (Phi) is 5.00. The van der Waals surface area contributed by atoms with Crippen LogP contribution >= 0.6 is 15.9 Å². The van der Waals surface area contributed by atoms with Gasteiger partial charge < -0.3 is 5.32 Å². The van der Waals surface area contributed by atoms with Gasteiger partial charge in [-0.05, 0) is 59.6 Å². The smallest absolute Gasteiger partial charge is 0.285 e. The van der Waals surface area contributed by atoms with Gasteiger partial charge in [0.05, 0.1) is 20.9 Å². The molecule has 0 radical (unpaired) electrons. The number of nitro benzene ring substituents is 1. The van der Waals surface area contributed by atoms with Crippen molar-refractivity contribution in [3.63, 3.8) is 0 Å². The minimum atomic E-state index is -0.716. The summed E-state index contributed by atoms with van der Waals surface area (Å²) in [6, 6.07) is 13.3. The number of nitrogens with one attached hydrogen (secondary N) is 1. The first-order valence-corrected chi connectivity index (χ1v) is 7.81. The molecular weight excluding hydrogens is 374 g/mol. The second kappa shape index (κ2) is 6.81. The minimum absolute atomic E-state index is 0.132. The van der Waals surface area contributed by atoms with Crippen LogP contribution in [-0.2, 0) is 5.41 Å². The molecule has 0 aromatic heterocycles. The van der Waals surface area contributed by atoms with Crippen molar-refractivity contribution >= 4 is 33.2 Å². The van der Waals surface area contributed by atoms with E-state index in [0.717, 1.165) is 5.56 Å². The number of benzene rings is 2. The minimum Gasteiger partial charge on any atom is -0.322 e. The van der Waals surface area contributed by atoms with Crippen molar-refractivity contribution in [1.82, 2.24) is 0 Å². The summed E-state index contributed by atoms with van der Waals surface area (Å²) in [6.45, 7) is 3.53. The number of rotatable bonds is 4. The molecule has 0 fully saturated rings. The van der Waals surface area contributed by atoms with E-state index in [1.807, 2.05) is 0 Å². The summed E-state index contributed by atoms with van der Waals surface area (Å²) in [5, 5.41) is 22.8. The summed E-state index contributed by atoms with van der Waals surface area (Å²) < 4.78 is 0.336. The van der Waals surface area contributed by atoms with Crippen LogP contribution in [0.5, 0.6) is 0 Å². The van der Waals surface area contributed by atoms with Crippen LogP contribution < -0.4 is 5.32 Å². The van der Waals surface area contributed by atoms with E-state index in [4.69, 9.17) is 0 Å². The molecule has 1 amide bonds. The predicted octanol–water partition coefficient (Wildman–Crippen LogP) is 4.41. The number of nitro groups is 1. The van der Waals surface area contributed by atoms with Gasteiger partial charge in [0, 0.05) is 17.3 Å². The van der Waals surface area contributed by atoms with Gasteiger partial charge in [-0.2, -0.15) is 5.26 Å². The van der Waals surface area contributed by atoms with E-state index < -0.39 is 16.2 Å². The van der Waals surface area contributed by atoms with Crippen LogP contribution in [0.25, 0.3) is 0 Å². The number of carbonyl (C=O) groups excluding carboxylic acids is 1. The Morgan fingerprint density at radius 2 is 2.00 bits per heavy atom. The van der Waals surface area contributed by atoms with E-state index >= 15 is 0 Å². The monoisotopic (exact) mass is 387 g/mol. The van der Waals surface area contributed by atoms with Gasteiger partial charge in [-0.25, -0.2) is 0 Å². The van der Waals surface area contributed by atoms with Crippen molar-refractivity contribution in [3.8, 4) is 6.07 Å². The van der Waals surface area contributed by atoms with Crippen LogP contribution in [0.4, 0.5) is 11.4 Å². The molecular formula is C17H14BrN3O3. The molecule has 122 valence electrons. The molecule has 24 heavy (non-hydrogen) atoms. The molecule has 7 heteroatoms. The fourth-order valence-corrected chi connectivity index (χ4v) is 2.44. The van der Waals surface area contributed by atoms with E-state index in [1.54, 1.807) is 44.2 Å². The van der Waals surface area contributed by atoms with Crippen LogP contribution in [0.3, 0.4) is 0 Å².